The topological polar surface area (TPSA) is 47.3 Å². The first-order valence-corrected chi connectivity index (χ1v) is 8.89. The van der Waals surface area contributed by atoms with Gasteiger partial charge in [-0.2, -0.15) is 0 Å². The molecule has 0 aromatic carbocycles. The van der Waals surface area contributed by atoms with Gasteiger partial charge in [0.15, 0.2) is 8.32 Å². The third-order valence-electron chi connectivity index (χ3n) is 3.40. The Morgan fingerprint density at radius 1 is 1.41 bits per heavy atom. The summed E-state index contributed by atoms with van der Waals surface area (Å²) in [5, 5.41) is 3.12. The van der Waals surface area contributed by atoms with Crippen LogP contribution in [0.25, 0.3) is 0 Å². The summed E-state index contributed by atoms with van der Waals surface area (Å²) < 4.78 is 11.7. The van der Waals surface area contributed by atoms with Crippen LogP contribution in [-0.2, 0) is 4.43 Å². The maximum atomic E-state index is 6.20. The van der Waals surface area contributed by atoms with Crippen molar-refractivity contribution >= 4 is 14.2 Å². The summed E-state index contributed by atoms with van der Waals surface area (Å²) in [5.74, 6) is 1.31. The first kappa shape index (κ1) is 14.2. The number of rotatable bonds is 4. The van der Waals surface area contributed by atoms with Crippen LogP contribution in [-0.4, -0.2) is 20.3 Å². The minimum absolute atomic E-state index is 0.0991. The Morgan fingerprint density at radius 2 is 2.00 bits per heavy atom. The van der Waals surface area contributed by atoms with Gasteiger partial charge in [-0.25, -0.2) is 4.98 Å². The largest absolute Gasteiger partial charge is 0.423 e. The van der Waals surface area contributed by atoms with E-state index in [0.717, 1.165) is 0 Å². The van der Waals surface area contributed by atoms with E-state index in [9.17, 15) is 0 Å². The summed E-state index contributed by atoms with van der Waals surface area (Å²) in [6.07, 6.45) is 1.58. The SMILES string of the molecule is CNc1cnc(C(C)O[Si](C)(C)C(C)(C)C)o1. The summed E-state index contributed by atoms with van der Waals surface area (Å²) in [6.45, 7) is 13.1. The zero-order valence-corrected chi connectivity index (χ0v) is 12.9. The fourth-order valence-corrected chi connectivity index (χ4v) is 2.60. The number of aromatic nitrogens is 1. The Hall–Kier alpha value is -0.813. The van der Waals surface area contributed by atoms with Crippen molar-refractivity contribution in [3.05, 3.63) is 12.1 Å². The van der Waals surface area contributed by atoms with Gasteiger partial charge >= 0.3 is 0 Å². The highest BCUT2D eigenvalue weighted by molar-refractivity contribution is 6.74. The molecule has 98 valence electrons. The second kappa shape index (κ2) is 4.82. The maximum Gasteiger partial charge on any atom is 0.224 e. The summed E-state index contributed by atoms with van der Waals surface area (Å²) in [4.78, 5) is 4.22. The van der Waals surface area contributed by atoms with E-state index < -0.39 is 8.32 Å². The van der Waals surface area contributed by atoms with Crippen molar-refractivity contribution < 1.29 is 8.84 Å². The van der Waals surface area contributed by atoms with Crippen LogP contribution in [0.2, 0.25) is 18.1 Å². The van der Waals surface area contributed by atoms with Gasteiger partial charge in [-0.05, 0) is 25.1 Å². The molecule has 1 aromatic rings. The zero-order chi connectivity index (χ0) is 13.3. The van der Waals surface area contributed by atoms with E-state index in [-0.39, 0.29) is 11.1 Å². The smallest absolute Gasteiger partial charge is 0.224 e. The molecular weight excluding hydrogens is 232 g/mol. The van der Waals surface area contributed by atoms with Gasteiger partial charge in [-0.15, -0.1) is 0 Å². The second-order valence-corrected chi connectivity index (χ2v) is 10.6. The van der Waals surface area contributed by atoms with Crippen molar-refractivity contribution in [3.8, 4) is 0 Å². The predicted octanol–water partition coefficient (Wildman–Crippen LogP) is 3.80. The van der Waals surface area contributed by atoms with Gasteiger partial charge in [0.25, 0.3) is 0 Å². The fourth-order valence-electron chi connectivity index (χ4n) is 1.26. The molecule has 0 aliphatic carbocycles. The van der Waals surface area contributed by atoms with Crippen LogP contribution in [0.15, 0.2) is 10.6 Å². The van der Waals surface area contributed by atoms with E-state index in [1.807, 2.05) is 14.0 Å². The third-order valence-corrected chi connectivity index (χ3v) is 7.95. The number of hydrogen-bond acceptors (Lipinski definition) is 4. The van der Waals surface area contributed by atoms with Crippen LogP contribution in [0.4, 0.5) is 5.88 Å². The Bertz CT molecular complexity index is 369. The molecule has 0 aliphatic heterocycles. The van der Waals surface area contributed by atoms with Gasteiger partial charge in [-0.1, -0.05) is 20.8 Å². The maximum absolute atomic E-state index is 6.20. The molecule has 1 aromatic heterocycles. The van der Waals surface area contributed by atoms with E-state index in [2.05, 4.69) is 44.2 Å². The number of nitrogens with one attached hydrogen (secondary N) is 1. The van der Waals surface area contributed by atoms with Crippen molar-refractivity contribution in [2.75, 3.05) is 12.4 Å². The van der Waals surface area contributed by atoms with E-state index in [1.54, 1.807) is 6.20 Å². The van der Waals surface area contributed by atoms with E-state index >= 15 is 0 Å². The highest BCUT2D eigenvalue weighted by Crippen LogP contribution is 2.39. The van der Waals surface area contributed by atoms with Crippen molar-refractivity contribution in [3.63, 3.8) is 0 Å². The van der Waals surface area contributed by atoms with Gasteiger partial charge in [-0.3, -0.25) is 0 Å². The molecule has 5 heteroatoms. The zero-order valence-electron chi connectivity index (χ0n) is 11.9. The van der Waals surface area contributed by atoms with Crippen molar-refractivity contribution in [2.45, 2.75) is 51.9 Å². The normalized spacial score (nSPS) is 14.8. The summed E-state index contributed by atoms with van der Waals surface area (Å²) in [5.41, 5.74) is 0. The van der Waals surface area contributed by atoms with E-state index in [1.165, 1.54) is 0 Å². The van der Waals surface area contributed by atoms with Gasteiger partial charge in [0.05, 0.1) is 6.20 Å². The summed E-state index contributed by atoms with van der Waals surface area (Å²) in [6, 6.07) is 0. The van der Waals surface area contributed by atoms with E-state index in [0.29, 0.717) is 11.8 Å². The van der Waals surface area contributed by atoms with Crippen LogP contribution in [0.5, 0.6) is 0 Å². The molecule has 0 bridgehead atoms. The Labute approximate surface area is 105 Å². The van der Waals surface area contributed by atoms with Gasteiger partial charge in [0.1, 0.15) is 6.10 Å². The number of hydrogen-bond donors (Lipinski definition) is 1. The summed E-state index contributed by atoms with van der Waals surface area (Å²) in [7, 11) is 0.0371. The van der Waals surface area contributed by atoms with Gasteiger partial charge in [0, 0.05) is 7.05 Å². The first-order valence-electron chi connectivity index (χ1n) is 5.98. The molecule has 0 aliphatic rings. The minimum atomic E-state index is -1.77. The third kappa shape index (κ3) is 3.32. The molecule has 0 saturated heterocycles. The van der Waals surface area contributed by atoms with Crippen molar-refractivity contribution in [1.29, 1.82) is 0 Å². The molecule has 0 spiro atoms. The Morgan fingerprint density at radius 3 is 2.41 bits per heavy atom. The number of anilines is 1. The minimum Gasteiger partial charge on any atom is -0.423 e. The van der Waals surface area contributed by atoms with Crippen molar-refractivity contribution in [2.24, 2.45) is 0 Å². The first-order chi connectivity index (χ1) is 7.67. The quantitative estimate of drug-likeness (QED) is 0.832. The lowest BCUT2D eigenvalue weighted by Crippen LogP contribution is -2.41. The number of nitrogens with zero attached hydrogens (tertiary/aromatic N) is 1. The highest BCUT2D eigenvalue weighted by atomic mass is 28.4. The molecule has 1 N–H and O–H groups in total. The van der Waals surface area contributed by atoms with Gasteiger partial charge in [0.2, 0.25) is 11.8 Å². The Balaban J connectivity index is 2.75. The average molecular weight is 256 g/mol. The molecule has 1 atom stereocenters. The number of oxazole rings is 1. The molecule has 0 saturated carbocycles. The molecule has 1 unspecified atom stereocenters. The molecule has 17 heavy (non-hydrogen) atoms. The second-order valence-electron chi connectivity index (χ2n) is 5.83. The summed E-state index contributed by atoms with van der Waals surface area (Å²) >= 11 is 0. The Kier molecular flexibility index (Phi) is 4.04. The highest BCUT2D eigenvalue weighted by Gasteiger charge is 2.39. The standard InChI is InChI=1S/C12H24N2O2Si/c1-9(11-14-8-10(13-5)15-11)16-17(6,7)12(2,3)4/h8-9,13H,1-7H3. The van der Waals surface area contributed by atoms with Crippen LogP contribution >= 0.6 is 0 Å². The lowest BCUT2D eigenvalue weighted by atomic mass is 10.2. The van der Waals surface area contributed by atoms with Crippen LogP contribution in [0.1, 0.15) is 39.7 Å². The molecule has 0 amide bonds. The predicted molar refractivity (Wildman–Crippen MR) is 72.7 cm³/mol. The fraction of sp³-hybridized carbons (Fsp3) is 0.750. The monoisotopic (exact) mass is 256 g/mol. The van der Waals surface area contributed by atoms with E-state index in [4.69, 9.17) is 8.84 Å². The lowest BCUT2D eigenvalue weighted by molar-refractivity contribution is 0.170. The van der Waals surface area contributed by atoms with Crippen LogP contribution in [0.3, 0.4) is 0 Å². The van der Waals surface area contributed by atoms with Crippen molar-refractivity contribution in [1.82, 2.24) is 4.98 Å². The molecule has 4 nitrogen and oxygen atoms in total. The average Bonchev–Trinajstić information content (AvgIpc) is 2.63. The molecule has 0 radical (unpaired) electrons. The van der Waals surface area contributed by atoms with Crippen LogP contribution in [0, 0.1) is 0 Å². The molecule has 0 fully saturated rings. The van der Waals surface area contributed by atoms with Crippen LogP contribution < -0.4 is 5.32 Å². The molecule has 1 rings (SSSR count). The lowest BCUT2D eigenvalue weighted by Gasteiger charge is -2.37. The molecule has 1 heterocycles. The van der Waals surface area contributed by atoms with Gasteiger partial charge < -0.3 is 14.2 Å². The molecular formula is C12H24N2O2Si.